The largest absolute Gasteiger partial charge is 0.304 e. The molecular formula is C16H17ClF2N4. The third-order valence-corrected chi connectivity index (χ3v) is 4.18. The summed E-state index contributed by atoms with van der Waals surface area (Å²) in [6.07, 6.45) is 2.79. The highest BCUT2D eigenvalue weighted by Crippen LogP contribution is 2.25. The number of hydrogen-bond acceptors (Lipinski definition) is 4. The van der Waals surface area contributed by atoms with Gasteiger partial charge in [0.05, 0.1) is 5.56 Å². The van der Waals surface area contributed by atoms with Crippen molar-refractivity contribution >= 4 is 11.6 Å². The van der Waals surface area contributed by atoms with E-state index in [1.807, 2.05) is 0 Å². The molecule has 0 amide bonds. The Hall–Kier alpha value is -1.63. The van der Waals surface area contributed by atoms with Crippen LogP contribution in [0.2, 0.25) is 5.15 Å². The maximum atomic E-state index is 14.3. The molecule has 0 bridgehead atoms. The van der Waals surface area contributed by atoms with E-state index in [0.29, 0.717) is 6.54 Å². The van der Waals surface area contributed by atoms with Gasteiger partial charge in [-0.1, -0.05) is 11.6 Å². The standard InChI is InChI=1S/C16H17ClF2N4/c1-22-2-4-23(5-3-22)10-11-6-14(19)16(21-8-11)12-9-20-15(17)7-13(12)18/h6-9H,2-5,10H2,1H3. The van der Waals surface area contributed by atoms with Crippen molar-refractivity contribution in [2.75, 3.05) is 33.2 Å². The van der Waals surface area contributed by atoms with Crippen molar-refractivity contribution in [3.8, 4) is 11.3 Å². The quantitative estimate of drug-likeness (QED) is 0.806. The Morgan fingerprint density at radius 3 is 2.43 bits per heavy atom. The average molecular weight is 339 g/mol. The molecule has 0 aliphatic carbocycles. The van der Waals surface area contributed by atoms with Gasteiger partial charge in [-0.3, -0.25) is 9.88 Å². The van der Waals surface area contributed by atoms with Gasteiger partial charge in [0.25, 0.3) is 0 Å². The van der Waals surface area contributed by atoms with Crippen molar-refractivity contribution in [3.05, 3.63) is 46.9 Å². The lowest BCUT2D eigenvalue weighted by atomic mass is 10.1. The second-order valence-corrected chi connectivity index (χ2v) is 6.13. The zero-order valence-corrected chi connectivity index (χ0v) is 13.5. The molecule has 0 saturated carbocycles. The van der Waals surface area contributed by atoms with Gasteiger partial charge < -0.3 is 4.90 Å². The topological polar surface area (TPSA) is 32.3 Å². The highest BCUT2D eigenvalue weighted by molar-refractivity contribution is 6.29. The van der Waals surface area contributed by atoms with Gasteiger partial charge in [0.1, 0.15) is 22.5 Å². The lowest BCUT2D eigenvalue weighted by Gasteiger charge is -2.32. The first-order valence-corrected chi connectivity index (χ1v) is 7.77. The van der Waals surface area contributed by atoms with Crippen LogP contribution < -0.4 is 0 Å². The Balaban J connectivity index is 1.78. The van der Waals surface area contributed by atoms with E-state index in [0.717, 1.165) is 37.8 Å². The summed E-state index contributed by atoms with van der Waals surface area (Å²) in [5, 5.41) is 0.0262. The van der Waals surface area contributed by atoms with Crippen molar-refractivity contribution in [3.63, 3.8) is 0 Å². The average Bonchev–Trinajstić information content (AvgIpc) is 2.51. The molecule has 1 aliphatic rings. The van der Waals surface area contributed by atoms with Crippen LogP contribution >= 0.6 is 11.6 Å². The molecule has 1 fully saturated rings. The predicted molar refractivity (Wildman–Crippen MR) is 85.2 cm³/mol. The van der Waals surface area contributed by atoms with Crippen LogP contribution in [0.15, 0.2) is 24.5 Å². The van der Waals surface area contributed by atoms with Crippen LogP contribution in [-0.4, -0.2) is 53.0 Å². The van der Waals surface area contributed by atoms with E-state index in [4.69, 9.17) is 11.6 Å². The number of rotatable bonds is 3. The van der Waals surface area contributed by atoms with Crippen LogP contribution in [0.1, 0.15) is 5.56 Å². The van der Waals surface area contributed by atoms with Crippen molar-refractivity contribution in [2.24, 2.45) is 0 Å². The van der Waals surface area contributed by atoms with Crippen LogP contribution in [0.5, 0.6) is 0 Å². The molecule has 0 N–H and O–H groups in total. The van der Waals surface area contributed by atoms with Crippen LogP contribution in [-0.2, 0) is 6.54 Å². The van der Waals surface area contributed by atoms with E-state index >= 15 is 0 Å². The number of likely N-dealkylation sites (N-methyl/N-ethyl adjacent to an activating group) is 1. The van der Waals surface area contributed by atoms with Crippen molar-refractivity contribution < 1.29 is 8.78 Å². The molecule has 0 atom stereocenters. The van der Waals surface area contributed by atoms with E-state index in [2.05, 4.69) is 26.8 Å². The minimum atomic E-state index is -0.636. The zero-order valence-electron chi connectivity index (χ0n) is 12.8. The first-order valence-electron chi connectivity index (χ1n) is 7.39. The predicted octanol–water partition coefficient (Wildman–Crippen LogP) is 2.82. The van der Waals surface area contributed by atoms with Gasteiger partial charge in [-0.05, 0) is 18.7 Å². The summed E-state index contributed by atoms with van der Waals surface area (Å²) in [5.41, 5.74) is 0.741. The summed E-state index contributed by atoms with van der Waals surface area (Å²) in [6, 6.07) is 2.46. The Morgan fingerprint density at radius 2 is 1.78 bits per heavy atom. The fourth-order valence-electron chi connectivity index (χ4n) is 2.61. The van der Waals surface area contributed by atoms with E-state index in [1.165, 1.54) is 12.3 Å². The Morgan fingerprint density at radius 1 is 1.04 bits per heavy atom. The van der Waals surface area contributed by atoms with Crippen molar-refractivity contribution in [2.45, 2.75) is 6.54 Å². The molecule has 4 nitrogen and oxygen atoms in total. The molecule has 23 heavy (non-hydrogen) atoms. The molecule has 1 aliphatic heterocycles. The SMILES string of the molecule is CN1CCN(Cc2cnc(-c3cnc(Cl)cc3F)c(F)c2)CC1. The number of piperazine rings is 1. The molecule has 3 rings (SSSR count). The van der Waals surface area contributed by atoms with Crippen molar-refractivity contribution in [1.29, 1.82) is 0 Å². The summed E-state index contributed by atoms with van der Waals surface area (Å²) in [5.74, 6) is -1.19. The van der Waals surface area contributed by atoms with E-state index in [-0.39, 0.29) is 16.4 Å². The maximum absolute atomic E-state index is 14.3. The van der Waals surface area contributed by atoms with Gasteiger partial charge in [0.2, 0.25) is 0 Å². The molecular weight excluding hydrogens is 322 g/mol. The third kappa shape index (κ3) is 3.83. The van der Waals surface area contributed by atoms with Gasteiger partial charge in [0, 0.05) is 51.2 Å². The molecule has 2 aromatic rings. The van der Waals surface area contributed by atoms with Crippen LogP contribution in [0.3, 0.4) is 0 Å². The number of hydrogen-bond donors (Lipinski definition) is 0. The highest BCUT2D eigenvalue weighted by Gasteiger charge is 2.17. The lowest BCUT2D eigenvalue weighted by Crippen LogP contribution is -2.43. The summed E-state index contributed by atoms with van der Waals surface area (Å²) in [6.45, 7) is 4.51. The summed E-state index contributed by atoms with van der Waals surface area (Å²) < 4.78 is 28.2. The van der Waals surface area contributed by atoms with E-state index in [9.17, 15) is 8.78 Å². The third-order valence-electron chi connectivity index (χ3n) is 3.98. The summed E-state index contributed by atoms with van der Waals surface area (Å²) in [4.78, 5) is 12.4. The molecule has 3 heterocycles. The van der Waals surface area contributed by atoms with E-state index < -0.39 is 11.6 Å². The molecule has 0 spiro atoms. The fraction of sp³-hybridized carbons (Fsp3) is 0.375. The maximum Gasteiger partial charge on any atom is 0.149 e. The summed E-state index contributed by atoms with van der Waals surface area (Å²) in [7, 11) is 2.09. The highest BCUT2D eigenvalue weighted by atomic mass is 35.5. The van der Waals surface area contributed by atoms with E-state index in [1.54, 1.807) is 6.20 Å². The number of aromatic nitrogens is 2. The van der Waals surface area contributed by atoms with Crippen LogP contribution in [0, 0.1) is 11.6 Å². The molecule has 1 saturated heterocycles. The zero-order chi connectivity index (χ0) is 16.4. The fourth-order valence-corrected chi connectivity index (χ4v) is 2.75. The second-order valence-electron chi connectivity index (χ2n) is 5.74. The molecule has 122 valence electrons. The van der Waals surface area contributed by atoms with Crippen LogP contribution in [0.25, 0.3) is 11.3 Å². The summed E-state index contributed by atoms with van der Waals surface area (Å²) >= 11 is 5.61. The Labute approximate surface area is 138 Å². The normalized spacial score (nSPS) is 16.7. The lowest BCUT2D eigenvalue weighted by molar-refractivity contribution is 0.148. The smallest absolute Gasteiger partial charge is 0.149 e. The molecule has 2 aromatic heterocycles. The first-order chi connectivity index (χ1) is 11.0. The minimum Gasteiger partial charge on any atom is -0.304 e. The van der Waals surface area contributed by atoms with Gasteiger partial charge in [-0.25, -0.2) is 13.8 Å². The van der Waals surface area contributed by atoms with Crippen LogP contribution in [0.4, 0.5) is 8.78 Å². The second kappa shape index (κ2) is 6.86. The molecule has 0 unspecified atom stereocenters. The minimum absolute atomic E-state index is 0.0121. The Kier molecular flexibility index (Phi) is 4.84. The molecule has 0 radical (unpaired) electrons. The first kappa shape index (κ1) is 16.2. The number of pyridine rings is 2. The van der Waals surface area contributed by atoms with Crippen molar-refractivity contribution in [1.82, 2.24) is 19.8 Å². The Bertz CT molecular complexity index is 702. The number of halogens is 3. The molecule has 0 aromatic carbocycles. The van der Waals surface area contributed by atoms with Gasteiger partial charge in [-0.2, -0.15) is 0 Å². The van der Waals surface area contributed by atoms with Gasteiger partial charge in [-0.15, -0.1) is 0 Å². The number of nitrogens with zero attached hydrogens (tertiary/aromatic N) is 4. The van der Waals surface area contributed by atoms with Gasteiger partial charge in [0.15, 0.2) is 0 Å². The monoisotopic (exact) mass is 338 g/mol. The molecule has 7 heteroatoms. The van der Waals surface area contributed by atoms with Gasteiger partial charge >= 0.3 is 0 Å².